The van der Waals surface area contributed by atoms with Gasteiger partial charge in [0.2, 0.25) is 10.0 Å². The van der Waals surface area contributed by atoms with Crippen molar-refractivity contribution < 1.29 is 27.1 Å². The van der Waals surface area contributed by atoms with E-state index in [0.29, 0.717) is 5.56 Å². The Bertz CT molecular complexity index is 891. The number of Topliss-reactive ketones (excluding diaryl/α,β-unsaturated/α-hetero) is 1. The smallest absolute Gasteiger partial charge is 0.338 e. The Kier molecular flexibility index (Phi) is 5.10. The van der Waals surface area contributed by atoms with Gasteiger partial charge in [-0.3, -0.25) is 4.79 Å². The zero-order valence-electron chi connectivity index (χ0n) is 12.7. The molecular weight excluding hydrogens is 337 g/mol. The highest BCUT2D eigenvalue weighted by Gasteiger charge is 2.17. The third-order valence-electron chi connectivity index (χ3n) is 3.26. The number of ether oxygens (including phenoxy) is 1. The van der Waals surface area contributed by atoms with Crippen LogP contribution >= 0.6 is 0 Å². The fourth-order valence-corrected chi connectivity index (χ4v) is 2.47. The molecule has 0 atom stereocenters. The normalized spacial score (nSPS) is 11.1. The van der Waals surface area contributed by atoms with E-state index in [-0.39, 0.29) is 16.0 Å². The van der Waals surface area contributed by atoms with Crippen LogP contribution in [0.5, 0.6) is 0 Å². The summed E-state index contributed by atoms with van der Waals surface area (Å²) in [4.78, 5) is 23.7. The maximum atomic E-state index is 12.8. The molecule has 0 radical (unpaired) electrons. The minimum Gasteiger partial charge on any atom is -0.454 e. The second-order valence-corrected chi connectivity index (χ2v) is 6.59. The van der Waals surface area contributed by atoms with E-state index in [4.69, 9.17) is 9.88 Å². The van der Waals surface area contributed by atoms with Crippen LogP contribution in [0.2, 0.25) is 0 Å². The fourth-order valence-electron chi connectivity index (χ4n) is 1.93. The summed E-state index contributed by atoms with van der Waals surface area (Å²) in [7, 11) is -3.96. The monoisotopic (exact) mass is 351 g/mol. The lowest BCUT2D eigenvalue weighted by molar-refractivity contribution is 0.0473. The number of primary sulfonamides is 1. The predicted octanol–water partition coefficient (Wildman–Crippen LogP) is 1.82. The molecule has 0 spiro atoms. The van der Waals surface area contributed by atoms with Gasteiger partial charge in [0.1, 0.15) is 5.82 Å². The summed E-state index contributed by atoms with van der Waals surface area (Å²) < 4.78 is 40.4. The van der Waals surface area contributed by atoms with Crippen LogP contribution in [0, 0.1) is 12.7 Å². The molecule has 2 N–H and O–H groups in total. The predicted molar refractivity (Wildman–Crippen MR) is 83.6 cm³/mol. The second-order valence-electron chi connectivity index (χ2n) is 5.03. The third kappa shape index (κ3) is 4.24. The molecular formula is C16H14FNO5S. The van der Waals surface area contributed by atoms with Crippen molar-refractivity contribution in [1.82, 2.24) is 0 Å². The molecule has 0 aliphatic heterocycles. The van der Waals surface area contributed by atoms with Crippen LogP contribution in [-0.4, -0.2) is 26.8 Å². The number of nitrogens with two attached hydrogens (primary N) is 1. The first-order chi connectivity index (χ1) is 11.2. The van der Waals surface area contributed by atoms with Crippen molar-refractivity contribution in [2.75, 3.05) is 6.61 Å². The summed E-state index contributed by atoms with van der Waals surface area (Å²) in [5.74, 6) is -1.85. The molecule has 24 heavy (non-hydrogen) atoms. The Morgan fingerprint density at radius 1 is 1.12 bits per heavy atom. The highest BCUT2D eigenvalue weighted by molar-refractivity contribution is 7.89. The standard InChI is InChI=1S/C16H14FNO5S/c1-10-2-7-13(24(18,21)22)8-14(10)16(20)23-9-15(19)11-3-5-12(17)6-4-11/h2-8H,9H2,1H3,(H2,18,21,22). The first-order valence-electron chi connectivity index (χ1n) is 6.78. The number of hydrogen-bond acceptors (Lipinski definition) is 5. The molecule has 6 nitrogen and oxygen atoms in total. The summed E-state index contributed by atoms with van der Waals surface area (Å²) >= 11 is 0. The molecule has 0 heterocycles. The van der Waals surface area contributed by atoms with E-state index in [9.17, 15) is 22.4 Å². The average Bonchev–Trinajstić information content (AvgIpc) is 2.52. The van der Waals surface area contributed by atoms with Crippen molar-refractivity contribution in [3.8, 4) is 0 Å². The summed E-state index contributed by atoms with van der Waals surface area (Å²) in [6.07, 6.45) is 0. The first kappa shape index (κ1) is 17.8. The summed E-state index contributed by atoms with van der Waals surface area (Å²) in [5, 5.41) is 5.02. The Hall–Kier alpha value is -2.58. The van der Waals surface area contributed by atoms with Crippen LogP contribution in [0.15, 0.2) is 47.4 Å². The van der Waals surface area contributed by atoms with E-state index in [1.54, 1.807) is 6.92 Å². The van der Waals surface area contributed by atoms with Crippen LogP contribution in [0.1, 0.15) is 26.3 Å². The number of sulfonamides is 1. The molecule has 0 fully saturated rings. The van der Waals surface area contributed by atoms with Crippen LogP contribution in [-0.2, 0) is 14.8 Å². The zero-order chi connectivity index (χ0) is 17.9. The fraction of sp³-hybridized carbons (Fsp3) is 0.125. The Morgan fingerprint density at radius 3 is 2.33 bits per heavy atom. The van der Waals surface area contributed by atoms with Gasteiger partial charge >= 0.3 is 5.97 Å². The van der Waals surface area contributed by atoms with Crippen LogP contribution < -0.4 is 5.14 Å². The molecule has 0 amide bonds. The van der Waals surface area contributed by atoms with Gasteiger partial charge < -0.3 is 4.74 Å². The number of rotatable bonds is 5. The van der Waals surface area contributed by atoms with Gasteiger partial charge in [-0.25, -0.2) is 22.7 Å². The van der Waals surface area contributed by atoms with Crippen molar-refractivity contribution >= 4 is 21.8 Å². The summed E-state index contributed by atoms with van der Waals surface area (Å²) in [6, 6.07) is 8.57. The molecule has 126 valence electrons. The highest BCUT2D eigenvalue weighted by atomic mass is 32.2. The minimum absolute atomic E-state index is 0.00608. The van der Waals surface area contributed by atoms with Gasteiger partial charge in [-0.1, -0.05) is 6.07 Å². The number of benzene rings is 2. The quantitative estimate of drug-likeness (QED) is 0.654. The van der Waals surface area contributed by atoms with Crippen LogP contribution in [0.4, 0.5) is 4.39 Å². The van der Waals surface area contributed by atoms with Gasteiger partial charge in [-0.15, -0.1) is 0 Å². The molecule has 0 aliphatic rings. The lowest BCUT2D eigenvalue weighted by atomic mass is 10.1. The summed E-state index contributed by atoms with van der Waals surface area (Å²) in [6.45, 7) is 1.04. The van der Waals surface area contributed by atoms with Crippen molar-refractivity contribution in [3.63, 3.8) is 0 Å². The van der Waals surface area contributed by atoms with Crippen molar-refractivity contribution in [1.29, 1.82) is 0 Å². The van der Waals surface area contributed by atoms with Crippen LogP contribution in [0.3, 0.4) is 0 Å². The molecule has 2 aromatic carbocycles. The van der Waals surface area contributed by atoms with Crippen molar-refractivity contribution in [2.24, 2.45) is 5.14 Å². The summed E-state index contributed by atoms with van der Waals surface area (Å²) in [5.41, 5.74) is 0.661. The maximum Gasteiger partial charge on any atom is 0.338 e. The number of carbonyl (C=O) groups excluding carboxylic acids is 2. The first-order valence-corrected chi connectivity index (χ1v) is 8.32. The number of ketones is 1. The Morgan fingerprint density at radius 2 is 1.75 bits per heavy atom. The van der Waals surface area contributed by atoms with E-state index >= 15 is 0 Å². The van der Waals surface area contributed by atoms with Gasteiger partial charge in [0.25, 0.3) is 0 Å². The van der Waals surface area contributed by atoms with Gasteiger partial charge in [0.05, 0.1) is 10.5 Å². The maximum absolute atomic E-state index is 12.8. The van der Waals surface area contributed by atoms with E-state index < -0.39 is 34.2 Å². The topological polar surface area (TPSA) is 104 Å². The number of carbonyl (C=O) groups is 2. The molecule has 0 unspecified atom stereocenters. The van der Waals surface area contributed by atoms with E-state index in [1.807, 2.05) is 0 Å². The third-order valence-corrected chi connectivity index (χ3v) is 4.17. The van der Waals surface area contributed by atoms with E-state index in [0.717, 1.165) is 18.2 Å². The molecule has 0 saturated heterocycles. The number of hydrogen-bond donors (Lipinski definition) is 1. The highest BCUT2D eigenvalue weighted by Crippen LogP contribution is 2.16. The lowest BCUT2D eigenvalue weighted by Gasteiger charge is -2.08. The van der Waals surface area contributed by atoms with Crippen molar-refractivity contribution in [2.45, 2.75) is 11.8 Å². The van der Waals surface area contributed by atoms with Crippen molar-refractivity contribution in [3.05, 3.63) is 65.0 Å². The molecule has 0 saturated carbocycles. The SMILES string of the molecule is Cc1ccc(S(N)(=O)=O)cc1C(=O)OCC(=O)c1ccc(F)cc1. The molecule has 2 aromatic rings. The largest absolute Gasteiger partial charge is 0.454 e. The lowest BCUT2D eigenvalue weighted by Crippen LogP contribution is -2.17. The van der Waals surface area contributed by atoms with E-state index in [2.05, 4.69) is 0 Å². The Balaban J connectivity index is 2.12. The van der Waals surface area contributed by atoms with Crippen LogP contribution in [0.25, 0.3) is 0 Å². The second kappa shape index (κ2) is 6.90. The molecule has 0 bridgehead atoms. The van der Waals surface area contributed by atoms with E-state index in [1.165, 1.54) is 24.3 Å². The minimum atomic E-state index is -3.96. The van der Waals surface area contributed by atoms with Gasteiger partial charge in [-0.05, 0) is 48.9 Å². The molecule has 2 rings (SSSR count). The average molecular weight is 351 g/mol. The number of aryl methyl sites for hydroxylation is 1. The number of esters is 1. The molecule has 8 heteroatoms. The van der Waals surface area contributed by atoms with Gasteiger partial charge in [0.15, 0.2) is 12.4 Å². The number of halogens is 1. The molecule has 0 aromatic heterocycles. The zero-order valence-corrected chi connectivity index (χ0v) is 13.5. The molecule has 0 aliphatic carbocycles. The van der Waals surface area contributed by atoms with Gasteiger partial charge in [0, 0.05) is 5.56 Å². The Labute approximate surface area is 138 Å². The van der Waals surface area contributed by atoms with Gasteiger partial charge in [-0.2, -0.15) is 0 Å².